The van der Waals surface area contributed by atoms with Gasteiger partial charge in [-0.25, -0.2) is 19.3 Å². The fourth-order valence-corrected chi connectivity index (χ4v) is 2.28. The van der Waals surface area contributed by atoms with Crippen LogP contribution in [0.4, 0.5) is 0 Å². The number of nitrogens with zero attached hydrogens (tertiary/aromatic N) is 3. The lowest BCUT2D eigenvalue weighted by molar-refractivity contribution is 0.865. The Labute approximate surface area is 123 Å². The van der Waals surface area contributed by atoms with Crippen LogP contribution in [-0.4, -0.2) is 19.5 Å². The van der Waals surface area contributed by atoms with Gasteiger partial charge in [-0.15, -0.1) is 0 Å². The predicted octanol–water partition coefficient (Wildman–Crippen LogP) is 1.64. The molecule has 0 atom stereocenters. The molecular weight excluding hydrogens is 292 g/mol. The molecule has 0 aliphatic rings. The zero-order valence-corrected chi connectivity index (χ0v) is 11.4. The number of halogens is 1. The molecule has 0 saturated carbocycles. The highest BCUT2D eigenvalue weighted by atomic mass is 35.5. The molecule has 0 fully saturated rings. The van der Waals surface area contributed by atoms with Crippen LogP contribution in [0.3, 0.4) is 0 Å². The van der Waals surface area contributed by atoms with Gasteiger partial charge in [-0.3, -0.25) is 9.78 Å². The predicted molar refractivity (Wildman–Crippen MR) is 78.7 cm³/mol. The molecule has 0 aliphatic carbocycles. The summed E-state index contributed by atoms with van der Waals surface area (Å²) in [5, 5.41) is 0.00398. The van der Waals surface area contributed by atoms with Crippen LogP contribution in [0.2, 0.25) is 5.15 Å². The van der Waals surface area contributed by atoms with Gasteiger partial charge in [0.1, 0.15) is 11.5 Å². The summed E-state index contributed by atoms with van der Waals surface area (Å²) < 4.78 is 0.953. The number of nitrogens with one attached hydrogen (secondary N) is 1. The Morgan fingerprint density at radius 3 is 2.38 bits per heavy atom. The van der Waals surface area contributed by atoms with Gasteiger partial charge in [0.25, 0.3) is 5.56 Å². The smallest absolute Gasteiger partial charge is 0.297 e. The van der Waals surface area contributed by atoms with Crippen molar-refractivity contribution in [2.24, 2.45) is 0 Å². The molecule has 0 bridgehead atoms. The van der Waals surface area contributed by atoms with Crippen molar-refractivity contribution in [1.82, 2.24) is 19.5 Å². The molecule has 3 rings (SSSR count). The van der Waals surface area contributed by atoms with Gasteiger partial charge in [0, 0.05) is 0 Å². The quantitative estimate of drug-likeness (QED) is 0.730. The molecule has 2 aromatic heterocycles. The van der Waals surface area contributed by atoms with Crippen molar-refractivity contribution in [3.05, 3.63) is 75.0 Å². The molecule has 1 N–H and O–H groups in total. The standard InChI is InChI=1S/C14H9ClN4O2/c15-12-11(9-4-2-1-3-5-9)13(20)19(14(21)18-12)10-6-16-8-17-7-10/h1-8H,(H,18,21). The van der Waals surface area contributed by atoms with Crippen LogP contribution in [0.5, 0.6) is 0 Å². The van der Waals surface area contributed by atoms with Gasteiger partial charge in [-0.05, 0) is 5.56 Å². The summed E-state index contributed by atoms with van der Waals surface area (Å²) in [5.74, 6) is 0. The van der Waals surface area contributed by atoms with Crippen molar-refractivity contribution in [3.8, 4) is 16.8 Å². The Bertz CT molecular complexity index is 888. The molecule has 0 amide bonds. The number of rotatable bonds is 2. The fourth-order valence-electron chi connectivity index (χ4n) is 2.01. The molecule has 0 saturated heterocycles. The van der Waals surface area contributed by atoms with Gasteiger partial charge in [-0.1, -0.05) is 41.9 Å². The molecule has 7 heteroatoms. The van der Waals surface area contributed by atoms with E-state index >= 15 is 0 Å². The van der Waals surface area contributed by atoms with E-state index in [1.165, 1.54) is 18.7 Å². The Kier molecular flexibility index (Phi) is 3.37. The Morgan fingerprint density at radius 1 is 1.05 bits per heavy atom. The second-order valence-corrected chi connectivity index (χ2v) is 4.60. The van der Waals surface area contributed by atoms with Crippen LogP contribution < -0.4 is 11.2 Å². The zero-order valence-electron chi connectivity index (χ0n) is 10.7. The summed E-state index contributed by atoms with van der Waals surface area (Å²) in [5.41, 5.74) is -0.0445. The molecule has 0 radical (unpaired) electrons. The lowest BCUT2D eigenvalue weighted by Gasteiger charge is -2.08. The number of aromatic nitrogens is 4. The van der Waals surface area contributed by atoms with Crippen molar-refractivity contribution < 1.29 is 0 Å². The van der Waals surface area contributed by atoms with Gasteiger partial charge >= 0.3 is 5.69 Å². The van der Waals surface area contributed by atoms with E-state index in [-0.39, 0.29) is 16.4 Å². The Hall–Kier alpha value is -2.73. The number of hydrogen-bond donors (Lipinski definition) is 1. The maximum Gasteiger partial charge on any atom is 0.334 e. The Balaban J connectivity index is 2.35. The lowest BCUT2D eigenvalue weighted by atomic mass is 10.1. The molecule has 0 unspecified atom stereocenters. The maximum atomic E-state index is 12.6. The zero-order chi connectivity index (χ0) is 14.8. The van der Waals surface area contributed by atoms with Gasteiger partial charge < -0.3 is 0 Å². The minimum Gasteiger partial charge on any atom is -0.297 e. The van der Waals surface area contributed by atoms with Crippen LogP contribution in [0.15, 0.2) is 58.6 Å². The van der Waals surface area contributed by atoms with Crippen molar-refractivity contribution in [1.29, 1.82) is 0 Å². The number of benzene rings is 1. The third-order valence-corrected chi connectivity index (χ3v) is 3.21. The molecule has 3 aromatic rings. The van der Waals surface area contributed by atoms with Crippen molar-refractivity contribution in [2.75, 3.05) is 0 Å². The van der Waals surface area contributed by atoms with E-state index in [9.17, 15) is 9.59 Å². The van der Waals surface area contributed by atoms with Crippen molar-refractivity contribution in [2.45, 2.75) is 0 Å². The highest BCUT2D eigenvalue weighted by Crippen LogP contribution is 2.21. The van der Waals surface area contributed by atoms with E-state index in [1.807, 2.05) is 6.07 Å². The average molecular weight is 301 g/mol. The number of hydrogen-bond acceptors (Lipinski definition) is 4. The first-order valence-corrected chi connectivity index (χ1v) is 6.42. The van der Waals surface area contributed by atoms with Crippen molar-refractivity contribution in [3.63, 3.8) is 0 Å². The summed E-state index contributed by atoms with van der Waals surface area (Å²) in [4.78, 5) is 34.7. The first kappa shape index (κ1) is 13.3. The summed E-state index contributed by atoms with van der Waals surface area (Å²) in [6.07, 6.45) is 4.08. The third kappa shape index (κ3) is 2.36. The van der Waals surface area contributed by atoms with Crippen LogP contribution in [0, 0.1) is 0 Å². The highest BCUT2D eigenvalue weighted by molar-refractivity contribution is 6.32. The first-order valence-electron chi connectivity index (χ1n) is 6.04. The van der Waals surface area contributed by atoms with E-state index in [0.29, 0.717) is 5.56 Å². The average Bonchev–Trinajstić information content (AvgIpc) is 2.49. The summed E-state index contributed by atoms with van der Waals surface area (Å²) >= 11 is 6.03. The topological polar surface area (TPSA) is 80.6 Å². The van der Waals surface area contributed by atoms with E-state index < -0.39 is 11.2 Å². The van der Waals surface area contributed by atoms with Gasteiger partial charge in [0.2, 0.25) is 0 Å². The minimum atomic E-state index is -0.639. The fraction of sp³-hybridized carbons (Fsp3) is 0. The van der Waals surface area contributed by atoms with E-state index in [0.717, 1.165) is 4.57 Å². The normalized spacial score (nSPS) is 10.5. The summed E-state index contributed by atoms with van der Waals surface area (Å²) in [6.45, 7) is 0. The maximum absolute atomic E-state index is 12.6. The van der Waals surface area contributed by atoms with E-state index in [2.05, 4.69) is 15.0 Å². The van der Waals surface area contributed by atoms with Crippen LogP contribution >= 0.6 is 11.6 Å². The van der Waals surface area contributed by atoms with Gasteiger partial charge in [0.05, 0.1) is 23.6 Å². The van der Waals surface area contributed by atoms with E-state index in [1.54, 1.807) is 24.3 Å². The monoisotopic (exact) mass is 300 g/mol. The van der Waals surface area contributed by atoms with E-state index in [4.69, 9.17) is 11.6 Å². The molecule has 0 aliphatic heterocycles. The molecule has 0 spiro atoms. The molecule has 2 heterocycles. The second-order valence-electron chi connectivity index (χ2n) is 4.22. The SMILES string of the molecule is O=c1[nH]c(Cl)c(-c2ccccc2)c(=O)n1-c1cncnc1. The molecule has 6 nitrogen and oxygen atoms in total. The second kappa shape index (κ2) is 5.34. The molecular formula is C14H9ClN4O2. The van der Waals surface area contributed by atoms with Crippen LogP contribution in [-0.2, 0) is 0 Å². The minimum absolute atomic E-state index is 0.00398. The first-order chi connectivity index (χ1) is 10.2. The van der Waals surface area contributed by atoms with Gasteiger partial charge in [0.15, 0.2) is 0 Å². The Morgan fingerprint density at radius 2 is 1.71 bits per heavy atom. The van der Waals surface area contributed by atoms with Gasteiger partial charge in [-0.2, -0.15) is 0 Å². The molecule has 104 valence electrons. The number of H-pyrrole nitrogens is 1. The van der Waals surface area contributed by atoms with Crippen LogP contribution in [0.25, 0.3) is 16.8 Å². The third-order valence-electron chi connectivity index (χ3n) is 2.92. The lowest BCUT2D eigenvalue weighted by Crippen LogP contribution is -2.35. The summed E-state index contributed by atoms with van der Waals surface area (Å²) in [7, 11) is 0. The van der Waals surface area contributed by atoms with Crippen LogP contribution in [0.1, 0.15) is 0 Å². The number of aromatic amines is 1. The highest BCUT2D eigenvalue weighted by Gasteiger charge is 2.15. The van der Waals surface area contributed by atoms with Crippen molar-refractivity contribution >= 4 is 11.6 Å². The largest absolute Gasteiger partial charge is 0.334 e. The summed E-state index contributed by atoms with van der Waals surface area (Å²) in [6, 6.07) is 8.88. The molecule has 1 aromatic carbocycles. The molecule has 21 heavy (non-hydrogen) atoms.